The zero-order chi connectivity index (χ0) is 10.6. The number of hydrogen-bond acceptors (Lipinski definition) is 3. The van der Waals surface area contributed by atoms with Gasteiger partial charge in [0.15, 0.2) is 0 Å². The highest BCUT2D eigenvalue weighted by Crippen LogP contribution is 2.17. The zero-order valence-corrected chi connectivity index (χ0v) is 9.82. The maximum Gasteiger partial charge on any atom is 0.0341 e. The molecule has 78 valence electrons. The van der Waals surface area contributed by atoms with Crippen LogP contribution in [-0.2, 0) is 0 Å². The molecule has 0 spiro atoms. The van der Waals surface area contributed by atoms with Crippen LogP contribution in [0, 0.1) is 0 Å². The molecular weight excluding hydrogens is 192 g/mol. The van der Waals surface area contributed by atoms with Gasteiger partial charge in [0.2, 0.25) is 0 Å². The molecule has 0 saturated carbocycles. The van der Waals surface area contributed by atoms with E-state index in [-0.39, 0.29) is 5.54 Å². The van der Waals surface area contributed by atoms with E-state index in [4.69, 9.17) is 5.73 Å². The molecule has 0 aliphatic heterocycles. The van der Waals surface area contributed by atoms with E-state index in [1.54, 1.807) is 11.8 Å². The summed E-state index contributed by atoms with van der Waals surface area (Å²) >= 11 is 1.75. The van der Waals surface area contributed by atoms with Crippen LogP contribution in [0.3, 0.4) is 0 Å². The number of thioether (sulfide) groups is 1. The summed E-state index contributed by atoms with van der Waals surface area (Å²) in [4.78, 5) is 1.28. The Morgan fingerprint density at radius 2 is 1.86 bits per heavy atom. The fraction of sp³-hybridized carbons (Fsp3) is 0.455. The largest absolute Gasteiger partial charge is 0.383 e. The first-order chi connectivity index (χ1) is 6.51. The van der Waals surface area contributed by atoms with Crippen LogP contribution >= 0.6 is 11.8 Å². The number of anilines is 1. The van der Waals surface area contributed by atoms with Crippen molar-refractivity contribution >= 4 is 17.4 Å². The Morgan fingerprint density at radius 3 is 2.29 bits per heavy atom. The molecule has 0 heterocycles. The molecule has 3 N–H and O–H groups in total. The Hall–Kier alpha value is -0.670. The first-order valence-corrected chi connectivity index (χ1v) is 5.90. The molecule has 1 aromatic rings. The number of benzene rings is 1. The van der Waals surface area contributed by atoms with Gasteiger partial charge in [-0.25, -0.2) is 0 Å². The summed E-state index contributed by atoms with van der Waals surface area (Å²) in [5.74, 6) is 0. The molecule has 1 aromatic carbocycles. The normalized spacial score (nSPS) is 11.4. The van der Waals surface area contributed by atoms with Gasteiger partial charge in [-0.2, -0.15) is 0 Å². The molecule has 0 saturated heterocycles. The number of nitrogens with one attached hydrogen (secondary N) is 1. The van der Waals surface area contributed by atoms with Crippen LogP contribution < -0.4 is 11.1 Å². The lowest BCUT2D eigenvalue weighted by Gasteiger charge is -2.19. The lowest BCUT2D eigenvalue weighted by atomic mass is 10.1. The number of hydrogen-bond donors (Lipinski definition) is 2. The minimum absolute atomic E-state index is 0.168. The van der Waals surface area contributed by atoms with Gasteiger partial charge >= 0.3 is 0 Å². The molecule has 0 amide bonds. The van der Waals surface area contributed by atoms with E-state index < -0.39 is 0 Å². The summed E-state index contributed by atoms with van der Waals surface area (Å²) in [5, 5.41) is 3.30. The Balaban J connectivity index is 2.52. The molecule has 0 aromatic heterocycles. The summed E-state index contributed by atoms with van der Waals surface area (Å²) in [6.45, 7) is 4.80. The quantitative estimate of drug-likeness (QED) is 0.750. The minimum Gasteiger partial charge on any atom is -0.383 e. The van der Waals surface area contributed by atoms with E-state index in [0.717, 1.165) is 12.2 Å². The first-order valence-electron chi connectivity index (χ1n) is 4.68. The van der Waals surface area contributed by atoms with Gasteiger partial charge in [-0.05, 0) is 44.4 Å². The number of nitrogens with two attached hydrogens (primary N) is 1. The van der Waals surface area contributed by atoms with E-state index in [1.165, 1.54) is 4.90 Å². The van der Waals surface area contributed by atoms with Crippen LogP contribution in [0.2, 0.25) is 0 Å². The molecule has 0 aliphatic rings. The summed E-state index contributed by atoms with van der Waals surface area (Å²) in [6.07, 6.45) is 2.07. The van der Waals surface area contributed by atoms with Crippen molar-refractivity contribution in [3.8, 4) is 0 Å². The summed E-state index contributed by atoms with van der Waals surface area (Å²) in [6, 6.07) is 8.38. The fourth-order valence-electron chi connectivity index (χ4n) is 1.04. The molecule has 3 heteroatoms. The van der Waals surface area contributed by atoms with Crippen molar-refractivity contribution in [1.82, 2.24) is 0 Å². The molecular formula is C11H18N2S. The molecule has 0 bridgehead atoms. The van der Waals surface area contributed by atoms with E-state index in [2.05, 4.69) is 35.8 Å². The first kappa shape index (κ1) is 11.4. The average Bonchev–Trinajstić information content (AvgIpc) is 2.14. The molecule has 14 heavy (non-hydrogen) atoms. The maximum atomic E-state index is 5.87. The highest BCUT2D eigenvalue weighted by Gasteiger charge is 2.09. The highest BCUT2D eigenvalue weighted by molar-refractivity contribution is 7.98. The van der Waals surface area contributed by atoms with Crippen molar-refractivity contribution in [2.45, 2.75) is 24.3 Å². The van der Waals surface area contributed by atoms with Gasteiger partial charge in [0.1, 0.15) is 0 Å². The van der Waals surface area contributed by atoms with Crippen LogP contribution in [-0.4, -0.2) is 18.3 Å². The van der Waals surface area contributed by atoms with Gasteiger partial charge < -0.3 is 11.1 Å². The third-order valence-electron chi connectivity index (χ3n) is 1.84. The minimum atomic E-state index is -0.168. The Kier molecular flexibility index (Phi) is 3.84. The molecule has 0 radical (unpaired) electrons. The van der Waals surface area contributed by atoms with Crippen LogP contribution in [0.15, 0.2) is 29.2 Å². The summed E-state index contributed by atoms with van der Waals surface area (Å²) in [5.41, 5.74) is 6.83. The van der Waals surface area contributed by atoms with Gasteiger partial charge in [0.25, 0.3) is 0 Å². The van der Waals surface area contributed by atoms with Crippen molar-refractivity contribution < 1.29 is 0 Å². The second-order valence-corrected chi connectivity index (χ2v) is 4.95. The standard InChI is InChI=1S/C11H18N2S/c1-11(2,12)8-13-9-4-6-10(14-3)7-5-9/h4-7,13H,8,12H2,1-3H3. The monoisotopic (exact) mass is 210 g/mol. The van der Waals surface area contributed by atoms with E-state index >= 15 is 0 Å². The van der Waals surface area contributed by atoms with Gasteiger partial charge in [0.05, 0.1) is 0 Å². The Labute approximate surface area is 90.3 Å². The highest BCUT2D eigenvalue weighted by atomic mass is 32.2. The zero-order valence-electron chi connectivity index (χ0n) is 9.00. The molecule has 0 fully saturated rings. The average molecular weight is 210 g/mol. The fourth-order valence-corrected chi connectivity index (χ4v) is 1.45. The molecule has 0 aliphatic carbocycles. The van der Waals surface area contributed by atoms with Gasteiger partial charge in [0, 0.05) is 22.7 Å². The Morgan fingerprint density at radius 1 is 1.29 bits per heavy atom. The summed E-state index contributed by atoms with van der Waals surface area (Å²) in [7, 11) is 0. The van der Waals surface area contributed by atoms with Crippen LogP contribution in [0.5, 0.6) is 0 Å². The van der Waals surface area contributed by atoms with Crippen molar-refractivity contribution in [3.63, 3.8) is 0 Å². The van der Waals surface area contributed by atoms with Crippen molar-refractivity contribution in [2.75, 3.05) is 18.1 Å². The van der Waals surface area contributed by atoms with Crippen LogP contribution in [0.4, 0.5) is 5.69 Å². The topological polar surface area (TPSA) is 38.0 Å². The van der Waals surface area contributed by atoms with E-state index in [0.29, 0.717) is 0 Å². The second-order valence-electron chi connectivity index (χ2n) is 4.07. The third kappa shape index (κ3) is 4.03. The smallest absolute Gasteiger partial charge is 0.0341 e. The van der Waals surface area contributed by atoms with E-state index in [1.807, 2.05) is 13.8 Å². The predicted octanol–water partition coefficient (Wildman–Crippen LogP) is 2.56. The maximum absolute atomic E-state index is 5.87. The number of rotatable bonds is 4. The molecule has 0 atom stereocenters. The molecule has 2 nitrogen and oxygen atoms in total. The lowest BCUT2D eigenvalue weighted by molar-refractivity contribution is 0.549. The third-order valence-corrected chi connectivity index (χ3v) is 2.58. The SMILES string of the molecule is CSc1ccc(NCC(C)(C)N)cc1. The molecule has 0 unspecified atom stereocenters. The van der Waals surface area contributed by atoms with Crippen molar-refractivity contribution in [1.29, 1.82) is 0 Å². The van der Waals surface area contributed by atoms with Gasteiger partial charge in [-0.3, -0.25) is 0 Å². The van der Waals surface area contributed by atoms with Crippen LogP contribution in [0.1, 0.15) is 13.8 Å². The van der Waals surface area contributed by atoms with Gasteiger partial charge in [-0.1, -0.05) is 0 Å². The summed E-state index contributed by atoms with van der Waals surface area (Å²) < 4.78 is 0. The van der Waals surface area contributed by atoms with Crippen LogP contribution in [0.25, 0.3) is 0 Å². The predicted molar refractivity (Wildman–Crippen MR) is 65.0 cm³/mol. The van der Waals surface area contributed by atoms with Crippen molar-refractivity contribution in [3.05, 3.63) is 24.3 Å². The Bertz CT molecular complexity index is 274. The van der Waals surface area contributed by atoms with Crippen molar-refractivity contribution in [2.24, 2.45) is 5.73 Å². The van der Waals surface area contributed by atoms with Gasteiger partial charge in [-0.15, -0.1) is 11.8 Å². The second kappa shape index (κ2) is 4.71. The molecule has 1 rings (SSSR count). The van der Waals surface area contributed by atoms with E-state index in [9.17, 15) is 0 Å². The lowest BCUT2D eigenvalue weighted by Crippen LogP contribution is -2.39.